The number of hydrogen-bond acceptors (Lipinski definition) is 7. The summed E-state index contributed by atoms with van der Waals surface area (Å²) in [6.45, 7) is 3.10. The lowest BCUT2D eigenvalue weighted by Gasteiger charge is -2.40. The van der Waals surface area contributed by atoms with Gasteiger partial charge in [-0.05, 0) is 70.5 Å². The van der Waals surface area contributed by atoms with Crippen molar-refractivity contribution in [2.75, 3.05) is 24.5 Å². The molecule has 0 spiro atoms. The van der Waals surface area contributed by atoms with Gasteiger partial charge in [-0.15, -0.1) is 0 Å². The van der Waals surface area contributed by atoms with Gasteiger partial charge in [0.15, 0.2) is 0 Å². The van der Waals surface area contributed by atoms with Crippen LogP contribution in [0.25, 0.3) is 11.0 Å². The number of benzene rings is 2. The summed E-state index contributed by atoms with van der Waals surface area (Å²) in [7, 11) is -3.91. The molecule has 0 saturated carbocycles. The van der Waals surface area contributed by atoms with Gasteiger partial charge in [-0.25, -0.2) is 18.4 Å². The Labute approximate surface area is 241 Å². The zero-order valence-electron chi connectivity index (χ0n) is 21.5. The highest BCUT2D eigenvalue weighted by molar-refractivity contribution is 14.1. The molecule has 4 aromatic rings. The number of aryl methyl sites for hydroxylation is 1. The van der Waals surface area contributed by atoms with Crippen molar-refractivity contribution in [2.24, 2.45) is 0 Å². The van der Waals surface area contributed by atoms with E-state index in [2.05, 4.69) is 61.9 Å². The minimum absolute atomic E-state index is 0.133. The van der Waals surface area contributed by atoms with E-state index in [9.17, 15) is 13.2 Å². The van der Waals surface area contributed by atoms with Gasteiger partial charge in [-0.1, -0.05) is 37.6 Å². The predicted molar refractivity (Wildman–Crippen MR) is 159 cm³/mol. The maximum Gasteiger partial charge on any atom is 0.243 e. The molecule has 1 N–H and O–H groups in total. The number of carbonyl (C=O) groups is 1. The lowest BCUT2D eigenvalue weighted by molar-refractivity contribution is -0.125. The Morgan fingerprint density at radius 3 is 2.49 bits per heavy atom. The summed E-state index contributed by atoms with van der Waals surface area (Å²) in [5.74, 6) is 0.230. The van der Waals surface area contributed by atoms with Crippen molar-refractivity contribution in [1.29, 1.82) is 0 Å². The van der Waals surface area contributed by atoms with Crippen LogP contribution in [0.4, 0.5) is 5.82 Å². The van der Waals surface area contributed by atoms with E-state index in [1.807, 2.05) is 17.0 Å². The van der Waals surface area contributed by atoms with Crippen LogP contribution < -0.4 is 10.2 Å². The van der Waals surface area contributed by atoms with Crippen molar-refractivity contribution >= 4 is 55.4 Å². The Bertz CT molecular complexity index is 1560. The summed E-state index contributed by atoms with van der Waals surface area (Å²) in [4.78, 5) is 28.9. The molecule has 9 nitrogen and oxygen atoms in total. The molecule has 2 aromatic heterocycles. The first-order valence-electron chi connectivity index (χ1n) is 12.8. The maximum atomic E-state index is 13.7. The molecule has 0 radical (unpaired) electrons. The highest BCUT2D eigenvalue weighted by Gasteiger charge is 2.40. The SMILES string of the molecule is CCCc1ccc(CNC(=O)[C@H]2CN(c3cnc4cnccc4n3)CCN2S(=O)(=O)c2ccc(I)cc2)cc1. The van der Waals surface area contributed by atoms with Gasteiger partial charge in [0, 0.05) is 35.9 Å². The second-order valence-electron chi connectivity index (χ2n) is 9.41. The smallest absolute Gasteiger partial charge is 0.243 e. The Morgan fingerprint density at radius 1 is 1.00 bits per heavy atom. The quantitative estimate of drug-likeness (QED) is 0.288. The second-order valence-corrected chi connectivity index (χ2v) is 12.5. The Kier molecular flexibility index (Phi) is 8.38. The third kappa shape index (κ3) is 6.20. The molecule has 1 aliphatic rings. The molecule has 1 amide bonds. The van der Waals surface area contributed by atoms with E-state index in [1.54, 1.807) is 48.9 Å². The number of sulfonamides is 1. The van der Waals surface area contributed by atoms with Crippen molar-refractivity contribution in [3.8, 4) is 0 Å². The van der Waals surface area contributed by atoms with Crippen molar-refractivity contribution in [3.63, 3.8) is 0 Å². The minimum atomic E-state index is -3.91. The summed E-state index contributed by atoms with van der Waals surface area (Å²) in [5.41, 5.74) is 3.55. The van der Waals surface area contributed by atoms with Gasteiger partial charge in [0.1, 0.15) is 17.4 Å². The number of amides is 1. The van der Waals surface area contributed by atoms with Crippen molar-refractivity contribution in [2.45, 2.75) is 37.2 Å². The number of rotatable bonds is 8. The number of carbonyl (C=O) groups excluding carboxylic acids is 1. The number of pyridine rings is 1. The fraction of sp³-hybridized carbons (Fsp3) is 0.286. The molecular formula is C28H29IN6O3S. The van der Waals surface area contributed by atoms with Crippen LogP contribution >= 0.6 is 22.6 Å². The van der Waals surface area contributed by atoms with Gasteiger partial charge in [-0.3, -0.25) is 9.78 Å². The molecule has 5 rings (SSSR count). The predicted octanol–water partition coefficient (Wildman–Crippen LogP) is 3.78. The topological polar surface area (TPSA) is 108 Å². The summed E-state index contributed by atoms with van der Waals surface area (Å²) >= 11 is 2.14. The Morgan fingerprint density at radius 2 is 1.74 bits per heavy atom. The summed E-state index contributed by atoms with van der Waals surface area (Å²) in [5, 5.41) is 2.97. The van der Waals surface area contributed by atoms with Crippen LogP contribution in [0.15, 0.2) is 78.1 Å². The largest absolute Gasteiger partial charge is 0.352 e. The summed E-state index contributed by atoms with van der Waals surface area (Å²) in [6.07, 6.45) is 7.00. The van der Waals surface area contributed by atoms with Gasteiger partial charge in [-0.2, -0.15) is 4.31 Å². The standard InChI is InChI=1S/C28H29IN6O3S/c1-2-3-20-4-6-21(7-5-20)16-32-28(36)26-19-34(27-18-31-25-17-30-13-12-24(25)33-27)14-15-35(26)39(37,38)23-10-8-22(29)9-11-23/h4-13,17-18,26H,2-3,14-16,19H2,1H3,(H,32,36)/t26-/m1/s1. The van der Waals surface area contributed by atoms with Gasteiger partial charge in [0.05, 0.1) is 22.8 Å². The molecular weight excluding hydrogens is 627 g/mol. The third-order valence-electron chi connectivity index (χ3n) is 6.74. The zero-order valence-corrected chi connectivity index (χ0v) is 24.5. The number of hydrogen-bond donors (Lipinski definition) is 1. The van der Waals surface area contributed by atoms with Crippen LogP contribution in [0.3, 0.4) is 0 Å². The zero-order chi connectivity index (χ0) is 27.4. The van der Waals surface area contributed by atoms with Crippen LogP contribution in [-0.4, -0.2) is 59.3 Å². The lowest BCUT2D eigenvalue weighted by atomic mass is 10.1. The number of aromatic nitrogens is 3. The maximum absolute atomic E-state index is 13.7. The van der Waals surface area contributed by atoms with Crippen LogP contribution in [0.2, 0.25) is 0 Å². The Hall–Kier alpha value is -3.16. The summed E-state index contributed by atoms with van der Waals surface area (Å²) < 4.78 is 29.6. The number of halogens is 1. The molecule has 1 fully saturated rings. The fourth-order valence-electron chi connectivity index (χ4n) is 4.64. The van der Waals surface area contributed by atoms with Gasteiger partial charge in [0.2, 0.25) is 15.9 Å². The number of nitrogens with zero attached hydrogens (tertiary/aromatic N) is 5. The van der Waals surface area contributed by atoms with Gasteiger partial charge in [0.25, 0.3) is 0 Å². The van der Waals surface area contributed by atoms with Gasteiger partial charge >= 0.3 is 0 Å². The molecule has 202 valence electrons. The van der Waals surface area contributed by atoms with E-state index in [4.69, 9.17) is 0 Å². The molecule has 1 aliphatic heterocycles. The molecule has 1 atom stereocenters. The number of nitrogens with one attached hydrogen (secondary N) is 1. The summed E-state index contributed by atoms with van der Waals surface area (Å²) in [6, 6.07) is 15.6. The van der Waals surface area contributed by atoms with E-state index >= 15 is 0 Å². The first-order chi connectivity index (χ1) is 18.8. The van der Waals surface area contributed by atoms with Crippen LogP contribution in [0, 0.1) is 3.57 Å². The number of fused-ring (bicyclic) bond motifs is 1. The average molecular weight is 657 g/mol. The first-order valence-corrected chi connectivity index (χ1v) is 15.3. The molecule has 1 saturated heterocycles. The van der Waals surface area contributed by atoms with Gasteiger partial charge < -0.3 is 10.2 Å². The monoisotopic (exact) mass is 656 g/mol. The molecule has 39 heavy (non-hydrogen) atoms. The van der Waals surface area contributed by atoms with E-state index in [0.29, 0.717) is 29.9 Å². The average Bonchev–Trinajstić information content (AvgIpc) is 2.96. The molecule has 0 aliphatic carbocycles. The molecule has 3 heterocycles. The van der Waals surface area contributed by atoms with Crippen molar-refractivity contribution < 1.29 is 13.2 Å². The van der Waals surface area contributed by atoms with Crippen LogP contribution in [0.1, 0.15) is 24.5 Å². The molecule has 0 unspecified atom stereocenters. The minimum Gasteiger partial charge on any atom is -0.352 e. The van der Waals surface area contributed by atoms with Crippen LogP contribution in [0.5, 0.6) is 0 Å². The molecule has 2 aromatic carbocycles. The fourth-order valence-corrected chi connectivity index (χ4v) is 6.57. The lowest BCUT2D eigenvalue weighted by Crippen LogP contribution is -2.60. The molecule has 0 bridgehead atoms. The normalized spacial score (nSPS) is 16.4. The third-order valence-corrected chi connectivity index (χ3v) is 9.38. The molecule has 11 heteroatoms. The number of piperazine rings is 1. The Balaban J connectivity index is 1.40. The highest BCUT2D eigenvalue weighted by Crippen LogP contribution is 2.25. The van der Waals surface area contributed by atoms with Crippen molar-refractivity contribution in [3.05, 3.63) is 87.9 Å². The van der Waals surface area contributed by atoms with E-state index in [-0.39, 0.29) is 23.9 Å². The van der Waals surface area contributed by atoms with Crippen LogP contribution in [-0.2, 0) is 27.8 Å². The highest BCUT2D eigenvalue weighted by atomic mass is 127. The van der Waals surface area contributed by atoms with E-state index in [0.717, 1.165) is 22.0 Å². The van der Waals surface area contributed by atoms with Crippen molar-refractivity contribution in [1.82, 2.24) is 24.6 Å². The van der Waals surface area contributed by atoms with E-state index < -0.39 is 16.1 Å². The first kappa shape index (κ1) is 27.4. The number of anilines is 1. The van der Waals surface area contributed by atoms with E-state index in [1.165, 1.54) is 9.87 Å². The second kappa shape index (κ2) is 11.9.